The van der Waals surface area contributed by atoms with Gasteiger partial charge in [-0.1, -0.05) is 23.2 Å². The van der Waals surface area contributed by atoms with Gasteiger partial charge in [0, 0.05) is 4.88 Å². The molecule has 0 unspecified atom stereocenters. The first-order chi connectivity index (χ1) is 8.60. The smallest absolute Gasteiger partial charge is 0.156 e. The molecule has 2 aromatic heterocycles. The van der Waals surface area contributed by atoms with E-state index in [-0.39, 0.29) is 10.7 Å². The van der Waals surface area contributed by atoms with E-state index < -0.39 is 0 Å². The Labute approximate surface area is 118 Å². The van der Waals surface area contributed by atoms with E-state index >= 15 is 0 Å². The van der Waals surface area contributed by atoms with Crippen molar-refractivity contribution < 1.29 is 4.79 Å². The summed E-state index contributed by atoms with van der Waals surface area (Å²) < 4.78 is 0.722. The lowest BCUT2D eigenvalue weighted by Crippen LogP contribution is -2.06. The number of hydrogen-bond donors (Lipinski definition) is 1. The van der Waals surface area contributed by atoms with Crippen molar-refractivity contribution in [2.75, 3.05) is 5.32 Å². The molecule has 4 nitrogen and oxygen atoms in total. The zero-order valence-corrected chi connectivity index (χ0v) is 11.7. The van der Waals surface area contributed by atoms with E-state index in [1.54, 1.807) is 6.92 Å². The van der Waals surface area contributed by atoms with E-state index in [0.29, 0.717) is 24.5 Å². The molecule has 18 heavy (non-hydrogen) atoms. The van der Waals surface area contributed by atoms with Crippen molar-refractivity contribution in [3.8, 4) is 0 Å². The Balaban J connectivity index is 2.20. The van der Waals surface area contributed by atoms with Crippen molar-refractivity contribution >= 4 is 46.6 Å². The predicted octanol–water partition coefficient (Wildman–Crippen LogP) is 3.58. The molecule has 0 aliphatic carbocycles. The number of halogens is 2. The SMILES string of the molecule is Cc1nc(Cl)c(C=O)c(NCc2ccc(Cl)s2)n1. The van der Waals surface area contributed by atoms with Gasteiger partial charge in [0.2, 0.25) is 0 Å². The van der Waals surface area contributed by atoms with Gasteiger partial charge in [-0.2, -0.15) is 0 Å². The fourth-order valence-corrected chi connectivity index (χ4v) is 2.69. The summed E-state index contributed by atoms with van der Waals surface area (Å²) in [5, 5.41) is 3.22. The van der Waals surface area contributed by atoms with Gasteiger partial charge < -0.3 is 5.32 Å². The molecular weight excluding hydrogens is 293 g/mol. The summed E-state index contributed by atoms with van der Waals surface area (Å²) in [4.78, 5) is 20.1. The molecule has 2 heterocycles. The minimum Gasteiger partial charge on any atom is -0.364 e. The van der Waals surface area contributed by atoms with Gasteiger partial charge in [-0.15, -0.1) is 11.3 Å². The van der Waals surface area contributed by atoms with Gasteiger partial charge in [-0.3, -0.25) is 4.79 Å². The number of carbonyl (C=O) groups is 1. The number of aromatic nitrogens is 2. The van der Waals surface area contributed by atoms with Crippen molar-refractivity contribution in [2.45, 2.75) is 13.5 Å². The van der Waals surface area contributed by atoms with Crippen LogP contribution >= 0.6 is 34.5 Å². The van der Waals surface area contributed by atoms with E-state index in [2.05, 4.69) is 15.3 Å². The van der Waals surface area contributed by atoms with Crippen LogP contribution in [0.3, 0.4) is 0 Å². The lowest BCUT2D eigenvalue weighted by atomic mass is 10.3. The van der Waals surface area contributed by atoms with E-state index in [0.717, 1.165) is 9.21 Å². The van der Waals surface area contributed by atoms with Crippen LogP contribution < -0.4 is 5.32 Å². The maximum Gasteiger partial charge on any atom is 0.156 e. The molecule has 7 heteroatoms. The van der Waals surface area contributed by atoms with Crippen molar-refractivity contribution in [3.05, 3.63) is 37.9 Å². The fraction of sp³-hybridized carbons (Fsp3) is 0.182. The van der Waals surface area contributed by atoms with E-state index in [9.17, 15) is 4.79 Å². The molecule has 0 spiro atoms. The second-order valence-electron chi connectivity index (χ2n) is 3.50. The van der Waals surface area contributed by atoms with Crippen LogP contribution in [0.15, 0.2) is 12.1 Å². The summed E-state index contributed by atoms with van der Waals surface area (Å²) in [5.41, 5.74) is 0.268. The van der Waals surface area contributed by atoms with E-state index in [1.807, 2.05) is 12.1 Å². The van der Waals surface area contributed by atoms with Gasteiger partial charge in [0.15, 0.2) is 6.29 Å². The number of aryl methyl sites for hydroxylation is 1. The highest BCUT2D eigenvalue weighted by atomic mass is 35.5. The largest absolute Gasteiger partial charge is 0.364 e. The van der Waals surface area contributed by atoms with Crippen LogP contribution in [0.2, 0.25) is 9.49 Å². The first kappa shape index (κ1) is 13.3. The third-order valence-electron chi connectivity index (χ3n) is 2.19. The van der Waals surface area contributed by atoms with Crippen LogP contribution in [0.5, 0.6) is 0 Å². The molecule has 0 aliphatic heterocycles. The quantitative estimate of drug-likeness (QED) is 0.693. The highest BCUT2D eigenvalue weighted by molar-refractivity contribution is 7.16. The second-order valence-corrected chi connectivity index (χ2v) is 5.66. The second kappa shape index (κ2) is 5.65. The molecule has 0 saturated carbocycles. The molecule has 0 aromatic carbocycles. The highest BCUT2D eigenvalue weighted by Crippen LogP contribution is 2.24. The van der Waals surface area contributed by atoms with E-state index in [1.165, 1.54) is 11.3 Å². The van der Waals surface area contributed by atoms with Crippen LogP contribution in [0, 0.1) is 6.92 Å². The Kier molecular flexibility index (Phi) is 4.16. The monoisotopic (exact) mass is 301 g/mol. The number of carbonyl (C=O) groups excluding carboxylic acids is 1. The summed E-state index contributed by atoms with van der Waals surface area (Å²) >= 11 is 13.2. The first-order valence-corrected chi connectivity index (χ1v) is 6.65. The fourth-order valence-electron chi connectivity index (χ4n) is 1.40. The third-order valence-corrected chi connectivity index (χ3v) is 3.71. The van der Waals surface area contributed by atoms with Crippen molar-refractivity contribution in [2.24, 2.45) is 0 Å². The number of hydrogen-bond acceptors (Lipinski definition) is 5. The Morgan fingerprint density at radius 2 is 2.17 bits per heavy atom. The van der Waals surface area contributed by atoms with Gasteiger partial charge in [0.05, 0.1) is 16.4 Å². The summed E-state index contributed by atoms with van der Waals surface area (Å²) in [6.07, 6.45) is 0.644. The number of aldehydes is 1. The molecule has 0 saturated heterocycles. The lowest BCUT2D eigenvalue weighted by Gasteiger charge is -2.08. The van der Waals surface area contributed by atoms with Crippen LogP contribution in [0.25, 0.3) is 0 Å². The van der Waals surface area contributed by atoms with Gasteiger partial charge >= 0.3 is 0 Å². The summed E-state index contributed by atoms with van der Waals surface area (Å²) in [7, 11) is 0. The van der Waals surface area contributed by atoms with Crippen molar-refractivity contribution in [3.63, 3.8) is 0 Å². The Hall–Kier alpha value is -1.17. The van der Waals surface area contributed by atoms with Crippen LogP contribution in [-0.2, 0) is 6.54 Å². The highest BCUT2D eigenvalue weighted by Gasteiger charge is 2.11. The zero-order valence-electron chi connectivity index (χ0n) is 9.41. The van der Waals surface area contributed by atoms with Crippen LogP contribution in [0.1, 0.15) is 21.1 Å². The predicted molar refractivity (Wildman–Crippen MR) is 73.8 cm³/mol. The lowest BCUT2D eigenvalue weighted by molar-refractivity contribution is 0.112. The summed E-state index contributed by atoms with van der Waals surface area (Å²) in [6.45, 7) is 2.25. The minimum absolute atomic E-state index is 0.157. The van der Waals surface area contributed by atoms with Gasteiger partial charge in [0.25, 0.3) is 0 Å². The maximum absolute atomic E-state index is 11.0. The molecule has 94 valence electrons. The number of anilines is 1. The maximum atomic E-state index is 11.0. The standard InChI is InChI=1S/C11H9Cl2N3OS/c1-6-15-10(13)8(5-17)11(16-6)14-4-7-2-3-9(12)18-7/h2-3,5H,4H2,1H3,(H,14,15,16). The van der Waals surface area contributed by atoms with Crippen molar-refractivity contribution in [1.82, 2.24) is 9.97 Å². The number of nitrogens with one attached hydrogen (secondary N) is 1. The summed E-state index contributed by atoms with van der Waals surface area (Å²) in [6, 6.07) is 3.73. The Morgan fingerprint density at radius 3 is 2.78 bits per heavy atom. The molecule has 0 fully saturated rings. The van der Waals surface area contributed by atoms with Crippen molar-refractivity contribution in [1.29, 1.82) is 0 Å². The minimum atomic E-state index is 0.157. The van der Waals surface area contributed by atoms with Crippen LogP contribution in [0.4, 0.5) is 5.82 Å². The van der Waals surface area contributed by atoms with Gasteiger partial charge in [0.1, 0.15) is 16.8 Å². The molecule has 0 bridgehead atoms. The van der Waals surface area contributed by atoms with Gasteiger partial charge in [-0.25, -0.2) is 9.97 Å². The van der Waals surface area contributed by atoms with E-state index in [4.69, 9.17) is 23.2 Å². The normalized spacial score (nSPS) is 10.4. The molecule has 0 radical (unpaired) electrons. The van der Waals surface area contributed by atoms with Gasteiger partial charge in [-0.05, 0) is 19.1 Å². The topological polar surface area (TPSA) is 54.9 Å². The number of thiophene rings is 1. The average Bonchev–Trinajstić information content (AvgIpc) is 2.72. The number of nitrogens with zero attached hydrogens (tertiary/aromatic N) is 2. The Morgan fingerprint density at radius 1 is 1.39 bits per heavy atom. The molecule has 2 aromatic rings. The number of rotatable bonds is 4. The summed E-state index contributed by atoms with van der Waals surface area (Å²) in [5.74, 6) is 0.948. The molecule has 0 amide bonds. The first-order valence-electron chi connectivity index (χ1n) is 5.07. The molecule has 1 N–H and O–H groups in total. The van der Waals surface area contributed by atoms with Crippen LogP contribution in [-0.4, -0.2) is 16.3 Å². The average molecular weight is 302 g/mol. The zero-order chi connectivity index (χ0) is 13.1. The third kappa shape index (κ3) is 2.98. The Bertz CT molecular complexity index is 586. The molecular formula is C11H9Cl2N3OS. The molecule has 2 rings (SSSR count). The molecule has 0 aliphatic rings. The molecule has 0 atom stereocenters.